The minimum atomic E-state index is -0.405. The van der Waals surface area contributed by atoms with E-state index in [1.165, 1.54) is 6.33 Å². The molecule has 1 rings (SSSR count). The summed E-state index contributed by atoms with van der Waals surface area (Å²) in [5.74, 6) is 0.945. The summed E-state index contributed by atoms with van der Waals surface area (Å²) in [5, 5.41) is 19.9. The Bertz CT molecular complexity index is 345. The van der Waals surface area contributed by atoms with Crippen LogP contribution >= 0.6 is 11.8 Å². The van der Waals surface area contributed by atoms with E-state index in [9.17, 15) is 0 Å². The highest BCUT2D eigenvalue weighted by Crippen LogP contribution is 2.17. The van der Waals surface area contributed by atoms with Crippen LogP contribution in [0.15, 0.2) is 11.5 Å². The summed E-state index contributed by atoms with van der Waals surface area (Å²) < 4.78 is 0. The Morgan fingerprint density at radius 1 is 1.65 bits per heavy atom. The number of nitrogens with one attached hydrogen (secondary N) is 2. The molecule has 1 atom stereocenters. The summed E-state index contributed by atoms with van der Waals surface area (Å²) in [4.78, 5) is 4.04. The van der Waals surface area contributed by atoms with Crippen molar-refractivity contribution in [3.8, 4) is 6.07 Å². The Kier molecular flexibility index (Phi) is 6.01. The highest BCUT2D eigenvalue weighted by Gasteiger charge is 2.21. The molecular weight excluding hydrogens is 234 g/mol. The lowest BCUT2D eigenvalue weighted by atomic mass is 9.98. The molecule has 0 aliphatic carbocycles. The highest BCUT2D eigenvalue weighted by atomic mass is 32.2. The average Bonchev–Trinajstić information content (AvgIpc) is 2.85. The molecule has 0 aliphatic rings. The molecule has 0 spiro atoms. The van der Waals surface area contributed by atoms with Crippen LogP contribution in [0.3, 0.4) is 0 Å². The minimum Gasteiger partial charge on any atom is -0.300 e. The van der Waals surface area contributed by atoms with E-state index >= 15 is 0 Å². The standard InChI is InChI=1S/C11H19N5S/c1-3-6-14-11(2,8-12)5-4-7-17-10-13-9-15-16-10/h9,14H,3-7H2,1-2H3,(H,13,15,16). The maximum absolute atomic E-state index is 9.15. The predicted molar refractivity (Wildman–Crippen MR) is 68.7 cm³/mol. The Balaban J connectivity index is 2.21. The fraction of sp³-hybridized carbons (Fsp3) is 0.727. The van der Waals surface area contributed by atoms with Gasteiger partial charge in [0, 0.05) is 5.75 Å². The summed E-state index contributed by atoms with van der Waals surface area (Å²) in [6.07, 6.45) is 4.38. The second kappa shape index (κ2) is 7.30. The van der Waals surface area contributed by atoms with Gasteiger partial charge in [-0.1, -0.05) is 18.7 Å². The van der Waals surface area contributed by atoms with Crippen molar-refractivity contribution in [3.05, 3.63) is 6.33 Å². The maximum Gasteiger partial charge on any atom is 0.183 e. The molecule has 0 aromatic carbocycles. The number of nitrogens with zero attached hydrogens (tertiary/aromatic N) is 3. The largest absolute Gasteiger partial charge is 0.300 e. The van der Waals surface area contributed by atoms with Gasteiger partial charge in [0.1, 0.15) is 11.9 Å². The van der Waals surface area contributed by atoms with Crippen LogP contribution in [-0.4, -0.2) is 33.0 Å². The third-order valence-electron chi connectivity index (χ3n) is 2.46. The molecular formula is C11H19N5S. The molecule has 5 nitrogen and oxygen atoms in total. The molecule has 1 unspecified atom stereocenters. The van der Waals surface area contributed by atoms with E-state index in [-0.39, 0.29) is 0 Å². The third-order valence-corrected chi connectivity index (χ3v) is 3.43. The Hall–Kier alpha value is -1.06. The number of hydrogen-bond donors (Lipinski definition) is 2. The van der Waals surface area contributed by atoms with Crippen LogP contribution in [0.25, 0.3) is 0 Å². The molecule has 0 fully saturated rings. The first-order valence-corrected chi connectivity index (χ1v) is 6.83. The molecule has 17 heavy (non-hydrogen) atoms. The summed E-state index contributed by atoms with van der Waals surface area (Å²) in [6, 6.07) is 2.35. The zero-order chi connectivity index (χ0) is 12.6. The molecule has 0 saturated heterocycles. The lowest BCUT2D eigenvalue weighted by Crippen LogP contribution is -2.41. The lowest BCUT2D eigenvalue weighted by Gasteiger charge is -2.22. The first-order valence-electron chi connectivity index (χ1n) is 5.84. The van der Waals surface area contributed by atoms with Crippen LogP contribution in [0.1, 0.15) is 33.1 Å². The smallest absolute Gasteiger partial charge is 0.183 e. The topological polar surface area (TPSA) is 77.4 Å². The molecule has 0 radical (unpaired) electrons. The van der Waals surface area contributed by atoms with E-state index < -0.39 is 5.54 Å². The number of H-pyrrole nitrogens is 1. The number of thioether (sulfide) groups is 1. The van der Waals surface area contributed by atoms with Crippen molar-refractivity contribution in [1.29, 1.82) is 5.26 Å². The normalized spacial score (nSPS) is 14.2. The second-order valence-corrected chi connectivity index (χ2v) is 5.20. The number of nitriles is 1. The second-order valence-electron chi connectivity index (χ2n) is 4.11. The minimum absolute atomic E-state index is 0.405. The summed E-state index contributed by atoms with van der Waals surface area (Å²) >= 11 is 1.64. The molecule has 6 heteroatoms. The van der Waals surface area contributed by atoms with Crippen molar-refractivity contribution in [2.45, 2.75) is 43.8 Å². The number of aromatic nitrogens is 3. The van der Waals surface area contributed by atoms with Crippen LogP contribution in [0.4, 0.5) is 0 Å². The Morgan fingerprint density at radius 3 is 3.06 bits per heavy atom. The quantitative estimate of drug-likeness (QED) is 0.547. The van der Waals surface area contributed by atoms with E-state index in [1.54, 1.807) is 11.8 Å². The maximum atomic E-state index is 9.15. The van der Waals surface area contributed by atoms with Crippen LogP contribution in [0.2, 0.25) is 0 Å². The molecule has 0 saturated carbocycles. The van der Waals surface area contributed by atoms with Gasteiger partial charge in [-0.25, -0.2) is 4.98 Å². The van der Waals surface area contributed by atoms with Gasteiger partial charge in [-0.05, 0) is 32.7 Å². The van der Waals surface area contributed by atoms with Crippen LogP contribution in [0.5, 0.6) is 0 Å². The number of aromatic amines is 1. The van der Waals surface area contributed by atoms with E-state index in [4.69, 9.17) is 5.26 Å². The number of rotatable bonds is 8. The van der Waals surface area contributed by atoms with Gasteiger partial charge in [-0.15, -0.1) is 0 Å². The number of hydrogen-bond acceptors (Lipinski definition) is 5. The van der Waals surface area contributed by atoms with Gasteiger partial charge < -0.3 is 0 Å². The van der Waals surface area contributed by atoms with Crippen molar-refractivity contribution < 1.29 is 0 Å². The Labute approximate surface area is 106 Å². The molecule has 94 valence electrons. The van der Waals surface area contributed by atoms with Gasteiger partial charge in [-0.2, -0.15) is 10.4 Å². The molecule has 1 aromatic rings. The summed E-state index contributed by atoms with van der Waals surface area (Å²) in [5.41, 5.74) is -0.405. The van der Waals surface area contributed by atoms with Crippen molar-refractivity contribution in [3.63, 3.8) is 0 Å². The van der Waals surface area contributed by atoms with Crippen molar-refractivity contribution >= 4 is 11.8 Å². The van der Waals surface area contributed by atoms with E-state index in [2.05, 4.69) is 33.5 Å². The predicted octanol–water partition coefficient (Wildman–Crippen LogP) is 1.96. The van der Waals surface area contributed by atoms with Crippen LogP contribution in [-0.2, 0) is 0 Å². The molecule has 1 aromatic heterocycles. The summed E-state index contributed by atoms with van der Waals surface area (Å²) in [7, 11) is 0. The van der Waals surface area contributed by atoms with Gasteiger partial charge in [0.15, 0.2) is 5.16 Å². The first kappa shape index (κ1) is 14.0. The average molecular weight is 253 g/mol. The Morgan fingerprint density at radius 2 is 2.47 bits per heavy atom. The van der Waals surface area contributed by atoms with Crippen molar-refractivity contribution in [2.24, 2.45) is 0 Å². The zero-order valence-corrected chi connectivity index (χ0v) is 11.2. The van der Waals surface area contributed by atoms with Crippen LogP contribution in [0, 0.1) is 11.3 Å². The first-order chi connectivity index (χ1) is 8.20. The highest BCUT2D eigenvalue weighted by molar-refractivity contribution is 7.99. The van der Waals surface area contributed by atoms with Gasteiger partial charge in [0.25, 0.3) is 0 Å². The molecule has 0 amide bonds. The van der Waals surface area contributed by atoms with E-state index in [0.717, 1.165) is 36.7 Å². The zero-order valence-electron chi connectivity index (χ0n) is 10.4. The summed E-state index contributed by atoms with van der Waals surface area (Å²) in [6.45, 7) is 4.95. The monoisotopic (exact) mass is 253 g/mol. The fourth-order valence-electron chi connectivity index (χ4n) is 1.44. The molecule has 2 N–H and O–H groups in total. The molecule has 1 heterocycles. The molecule has 0 aliphatic heterocycles. The van der Waals surface area contributed by atoms with Gasteiger partial charge >= 0.3 is 0 Å². The lowest BCUT2D eigenvalue weighted by molar-refractivity contribution is 0.415. The van der Waals surface area contributed by atoms with E-state index in [0.29, 0.717) is 0 Å². The third kappa shape index (κ3) is 5.20. The van der Waals surface area contributed by atoms with Gasteiger partial charge in [-0.3, -0.25) is 10.4 Å². The molecule has 0 bridgehead atoms. The van der Waals surface area contributed by atoms with Crippen molar-refractivity contribution in [2.75, 3.05) is 12.3 Å². The fourth-order valence-corrected chi connectivity index (χ4v) is 2.16. The van der Waals surface area contributed by atoms with Gasteiger partial charge in [0.05, 0.1) is 6.07 Å². The SMILES string of the molecule is CCCNC(C)(C#N)CCCSc1ncn[nH]1. The van der Waals surface area contributed by atoms with E-state index in [1.807, 2.05) is 6.92 Å². The van der Waals surface area contributed by atoms with Crippen LogP contribution < -0.4 is 5.32 Å². The van der Waals surface area contributed by atoms with Crippen molar-refractivity contribution in [1.82, 2.24) is 20.5 Å². The van der Waals surface area contributed by atoms with Gasteiger partial charge in [0.2, 0.25) is 0 Å².